The van der Waals surface area contributed by atoms with Crippen molar-refractivity contribution in [2.45, 2.75) is 62.0 Å². The monoisotopic (exact) mass is 592 g/mol. The van der Waals surface area contributed by atoms with Gasteiger partial charge in [-0.05, 0) is 73.5 Å². The van der Waals surface area contributed by atoms with Crippen molar-refractivity contribution >= 4 is 49.9 Å². The lowest BCUT2D eigenvalue weighted by molar-refractivity contribution is -0.127. The number of nitrogens with zero attached hydrogens (tertiary/aromatic N) is 5. The van der Waals surface area contributed by atoms with Crippen LogP contribution in [0.1, 0.15) is 49.4 Å². The summed E-state index contributed by atoms with van der Waals surface area (Å²) in [7, 11) is -3.63. The largest absolute Gasteiger partial charge is 0.351 e. The van der Waals surface area contributed by atoms with E-state index in [-0.39, 0.29) is 29.3 Å². The highest BCUT2D eigenvalue weighted by molar-refractivity contribution is 7.89. The Hall–Kier alpha value is -3.61. The van der Waals surface area contributed by atoms with Crippen molar-refractivity contribution in [2.75, 3.05) is 18.0 Å². The van der Waals surface area contributed by atoms with Crippen molar-refractivity contribution in [1.82, 2.24) is 24.6 Å². The Labute approximate surface area is 243 Å². The van der Waals surface area contributed by atoms with Gasteiger partial charge in [-0.3, -0.25) is 14.5 Å². The maximum Gasteiger partial charge on any atom is 0.249 e. The summed E-state index contributed by atoms with van der Waals surface area (Å²) in [5.41, 5.74) is 1.80. The van der Waals surface area contributed by atoms with Gasteiger partial charge in [-0.25, -0.2) is 13.1 Å². The highest BCUT2D eigenvalue weighted by Gasteiger charge is 2.36. The number of aromatic nitrogens is 3. The number of amides is 2. The lowest BCUT2D eigenvalue weighted by atomic mass is 10.1. The molecule has 0 radical (unpaired) electrons. The van der Waals surface area contributed by atoms with E-state index in [9.17, 15) is 18.0 Å². The minimum absolute atomic E-state index is 0.0640. The number of thiophene rings is 1. The molecule has 2 fully saturated rings. The minimum atomic E-state index is -3.63. The number of anilines is 1. The van der Waals surface area contributed by atoms with Gasteiger partial charge in [0.2, 0.25) is 21.8 Å². The number of hydrogen-bond acceptors (Lipinski definition) is 7. The van der Waals surface area contributed by atoms with Crippen LogP contribution in [0.15, 0.2) is 70.9 Å². The van der Waals surface area contributed by atoms with Gasteiger partial charge in [-0.1, -0.05) is 36.3 Å². The Morgan fingerprint density at radius 2 is 1.71 bits per heavy atom. The zero-order valence-corrected chi connectivity index (χ0v) is 24.2. The number of para-hydroxylation sites is 1. The first-order valence-electron chi connectivity index (χ1n) is 14.0. The van der Waals surface area contributed by atoms with Crippen molar-refractivity contribution in [2.24, 2.45) is 0 Å². The van der Waals surface area contributed by atoms with Crippen LogP contribution < -0.4 is 10.2 Å². The quantitative estimate of drug-likeness (QED) is 0.313. The number of carbonyl (C=O) groups is 2. The number of benzene rings is 2. The first-order valence-corrected chi connectivity index (χ1v) is 16.3. The van der Waals surface area contributed by atoms with Crippen LogP contribution in [0.3, 0.4) is 0 Å². The van der Waals surface area contributed by atoms with Crippen molar-refractivity contribution in [3.05, 3.63) is 70.9 Å². The predicted molar refractivity (Wildman–Crippen MR) is 157 cm³/mol. The Morgan fingerprint density at radius 1 is 0.976 bits per heavy atom. The van der Waals surface area contributed by atoms with Crippen LogP contribution >= 0.6 is 11.3 Å². The van der Waals surface area contributed by atoms with Gasteiger partial charge >= 0.3 is 0 Å². The van der Waals surface area contributed by atoms with Crippen LogP contribution in [0.5, 0.6) is 0 Å². The second-order valence-corrected chi connectivity index (χ2v) is 13.4. The van der Waals surface area contributed by atoms with Crippen LogP contribution in [-0.2, 0) is 26.2 Å². The second-order valence-electron chi connectivity index (χ2n) is 10.5. The highest BCUT2D eigenvalue weighted by Crippen LogP contribution is 2.33. The predicted octanol–water partition coefficient (Wildman–Crippen LogP) is 4.11. The molecular weight excluding hydrogens is 560 g/mol. The van der Waals surface area contributed by atoms with Crippen LogP contribution in [0.2, 0.25) is 0 Å². The molecule has 1 saturated carbocycles. The van der Waals surface area contributed by atoms with Gasteiger partial charge in [0.15, 0.2) is 0 Å². The molecule has 1 saturated heterocycles. The molecule has 12 heteroatoms. The number of rotatable bonds is 9. The number of carbonyl (C=O) groups excluding carboxylic acids is 2. The lowest BCUT2D eigenvalue weighted by Crippen LogP contribution is -2.47. The van der Waals surface area contributed by atoms with Gasteiger partial charge in [-0.15, -0.1) is 16.4 Å². The lowest BCUT2D eigenvalue weighted by Gasteiger charge is -2.31. The number of fused-ring (bicyclic) bond motifs is 1. The summed E-state index contributed by atoms with van der Waals surface area (Å²) < 4.78 is 29.4. The fraction of sp³-hybridized carbons (Fsp3) is 0.379. The van der Waals surface area contributed by atoms with Gasteiger partial charge in [-0.2, -0.15) is 4.31 Å². The van der Waals surface area contributed by atoms with E-state index in [1.54, 1.807) is 12.1 Å². The molecule has 1 aliphatic carbocycles. The van der Waals surface area contributed by atoms with E-state index in [2.05, 4.69) is 15.6 Å². The van der Waals surface area contributed by atoms with E-state index < -0.39 is 16.1 Å². The molecule has 41 heavy (non-hydrogen) atoms. The molecule has 2 amide bonds. The Morgan fingerprint density at radius 3 is 2.41 bits per heavy atom. The molecule has 2 aromatic carbocycles. The van der Waals surface area contributed by atoms with Crippen LogP contribution in [0, 0.1) is 0 Å². The number of hydrogen-bond donors (Lipinski definition) is 1. The first-order chi connectivity index (χ1) is 19.9. The smallest absolute Gasteiger partial charge is 0.249 e. The van der Waals surface area contributed by atoms with Crippen molar-refractivity contribution in [1.29, 1.82) is 0 Å². The molecule has 3 heterocycles. The van der Waals surface area contributed by atoms with E-state index in [1.807, 2.05) is 41.8 Å². The van der Waals surface area contributed by atoms with E-state index in [0.717, 1.165) is 38.5 Å². The van der Waals surface area contributed by atoms with E-state index in [1.165, 1.54) is 37.4 Å². The molecule has 1 atom stereocenters. The number of sulfonamides is 1. The SMILES string of the molecule is O=C(NC1CCCC1)[C@H](c1cccs1)N(C(=O)Cn1nnc2ccccc21)c1ccc(S(=O)(=O)N2CCCC2)cc1. The average molecular weight is 593 g/mol. The van der Waals surface area contributed by atoms with E-state index in [0.29, 0.717) is 34.7 Å². The van der Waals surface area contributed by atoms with E-state index >= 15 is 0 Å². The third-order valence-corrected chi connectivity index (χ3v) is 10.7. The summed E-state index contributed by atoms with van der Waals surface area (Å²) in [6.07, 6.45) is 5.62. The third-order valence-electron chi connectivity index (χ3n) is 7.81. The fourth-order valence-electron chi connectivity index (χ4n) is 5.70. The second kappa shape index (κ2) is 11.7. The molecule has 1 aliphatic heterocycles. The zero-order chi connectivity index (χ0) is 28.4. The highest BCUT2D eigenvalue weighted by atomic mass is 32.2. The minimum Gasteiger partial charge on any atom is -0.351 e. The van der Waals surface area contributed by atoms with Crippen molar-refractivity contribution in [3.8, 4) is 0 Å². The summed E-state index contributed by atoms with van der Waals surface area (Å²) in [5.74, 6) is -0.624. The summed E-state index contributed by atoms with van der Waals surface area (Å²) in [6, 6.07) is 16.5. The number of nitrogens with one attached hydrogen (secondary N) is 1. The fourth-order valence-corrected chi connectivity index (χ4v) is 8.03. The molecule has 0 spiro atoms. The molecule has 6 rings (SSSR count). The molecule has 214 valence electrons. The van der Waals surface area contributed by atoms with Gasteiger partial charge < -0.3 is 5.32 Å². The van der Waals surface area contributed by atoms with E-state index in [4.69, 9.17) is 0 Å². The Kier molecular flexibility index (Phi) is 7.87. The van der Waals surface area contributed by atoms with Gasteiger partial charge in [0.05, 0.1) is 10.4 Å². The van der Waals surface area contributed by atoms with Crippen LogP contribution in [0.25, 0.3) is 11.0 Å². The Balaban J connectivity index is 1.38. The van der Waals surface area contributed by atoms with Gasteiger partial charge in [0, 0.05) is 29.7 Å². The molecular formula is C29H32N6O4S2. The molecule has 2 aliphatic rings. The molecule has 0 unspecified atom stereocenters. The van der Waals surface area contributed by atoms with Crippen molar-refractivity contribution in [3.63, 3.8) is 0 Å². The molecule has 2 aromatic heterocycles. The van der Waals surface area contributed by atoms with Crippen LogP contribution in [-0.4, -0.2) is 58.7 Å². The Bertz CT molecular complexity index is 1620. The van der Waals surface area contributed by atoms with Crippen molar-refractivity contribution < 1.29 is 18.0 Å². The topological polar surface area (TPSA) is 117 Å². The first kappa shape index (κ1) is 27.6. The molecule has 10 nitrogen and oxygen atoms in total. The van der Waals surface area contributed by atoms with Gasteiger partial charge in [0.1, 0.15) is 18.1 Å². The third kappa shape index (κ3) is 5.64. The zero-order valence-electron chi connectivity index (χ0n) is 22.6. The molecule has 4 aromatic rings. The maximum atomic E-state index is 14.2. The average Bonchev–Trinajstić information content (AvgIpc) is 3.80. The summed E-state index contributed by atoms with van der Waals surface area (Å²) in [4.78, 5) is 30.4. The normalized spacial score (nSPS) is 17.2. The van der Waals surface area contributed by atoms with Crippen LogP contribution in [0.4, 0.5) is 5.69 Å². The summed E-state index contributed by atoms with van der Waals surface area (Å²) in [6.45, 7) is 0.859. The van der Waals surface area contributed by atoms with Gasteiger partial charge in [0.25, 0.3) is 0 Å². The molecule has 1 N–H and O–H groups in total. The summed E-state index contributed by atoms with van der Waals surface area (Å²) in [5, 5.41) is 13.4. The molecule has 0 bridgehead atoms. The maximum absolute atomic E-state index is 14.2. The summed E-state index contributed by atoms with van der Waals surface area (Å²) >= 11 is 1.40. The standard InChI is InChI=1S/C29H32N6O4S2/c36-27(20-34-25-11-4-3-10-24(25)31-32-34)35(22-13-15-23(16-14-22)41(38,39)33-17-5-6-18-33)28(26-12-7-19-40-26)29(37)30-21-8-1-2-9-21/h3-4,7,10-16,19,21,28H,1-2,5-6,8-9,17-18,20H2,(H,30,37)/t28-/m0/s1.